The van der Waals surface area contributed by atoms with Crippen molar-refractivity contribution in [1.82, 2.24) is 15.2 Å². The van der Waals surface area contributed by atoms with E-state index >= 15 is 0 Å². The minimum absolute atomic E-state index is 0.129. The topological polar surface area (TPSA) is 51.1 Å². The molecule has 0 bridgehead atoms. The van der Waals surface area contributed by atoms with Gasteiger partial charge in [-0.3, -0.25) is 4.98 Å². The molecule has 19 heavy (non-hydrogen) atoms. The summed E-state index contributed by atoms with van der Waals surface area (Å²) in [6, 6.07) is 1.79. The Morgan fingerprint density at radius 1 is 1.47 bits per heavy atom. The van der Waals surface area contributed by atoms with Gasteiger partial charge in [-0.25, -0.2) is 0 Å². The van der Waals surface area contributed by atoms with Gasteiger partial charge in [0.2, 0.25) is 5.13 Å². The van der Waals surface area contributed by atoms with Crippen molar-refractivity contribution in [3.63, 3.8) is 0 Å². The Hall–Kier alpha value is -1.40. The Bertz CT molecular complexity index is 576. The molecule has 2 aromatic rings. The van der Waals surface area contributed by atoms with Gasteiger partial charge in [0.05, 0.1) is 6.54 Å². The van der Waals surface area contributed by atoms with Gasteiger partial charge in [0.1, 0.15) is 21.9 Å². The second-order valence-electron chi connectivity index (χ2n) is 4.38. The molecule has 0 aromatic carbocycles. The van der Waals surface area contributed by atoms with Crippen molar-refractivity contribution < 1.29 is 4.74 Å². The summed E-state index contributed by atoms with van der Waals surface area (Å²) >= 11 is 7.65. The van der Waals surface area contributed by atoms with Gasteiger partial charge in [-0.05, 0) is 6.92 Å². The zero-order chi connectivity index (χ0) is 13.2. The fourth-order valence-electron chi connectivity index (χ4n) is 2.05. The zero-order valence-corrected chi connectivity index (χ0v) is 12.0. The van der Waals surface area contributed by atoms with E-state index < -0.39 is 0 Å². The highest BCUT2D eigenvalue weighted by molar-refractivity contribution is 7.15. The first kappa shape index (κ1) is 12.6. The summed E-state index contributed by atoms with van der Waals surface area (Å²) in [7, 11) is 0. The highest BCUT2D eigenvalue weighted by atomic mass is 35.5. The molecule has 0 saturated carbocycles. The van der Waals surface area contributed by atoms with E-state index in [1.54, 1.807) is 29.8 Å². The van der Waals surface area contributed by atoms with Crippen molar-refractivity contribution in [3.05, 3.63) is 28.5 Å². The van der Waals surface area contributed by atoms with E-state index in [9.17, 15) is 0 Å². The second-order valence-corrected chi connectivity index (χ2v) is 5.95. The molecule has 1 aliphatic heterocycles. The van der Waals surface area contributed by atoms with E-state index in [0.717, 1.165) is 29.6 Å². The van der Waals surface area contributed by atoms with Crippen LogP contribution in [0.3, 0.4) is 0 Å². The summed E-state index contributed by atoms with van der Waals surface area (Å²) in [4.78, 5) is 6.14. The average molecular weight is 297 g/mol. The van der Waals surface area contributed by atoms with E-state index in [1.807, 2.05) is 6.92 Å². The Morgan fingerprint density at radius 3 is 3.11 bits per heavy atom. The molecule has 0 spiro atoms. The molecule has 100 valence electrons. The summed E-state index contributed by atoms with van der Waals surface area (Å²) in [5.74, 6) is 0.692. The molecule has 3 heterocycles. The number of halogens is 1. The minimum Gasteiger partial charge on any atom is -0.487 e. The number of hydrogen-bond donors (Lipinski definition) is 0. The zero-order valence-electron chi connectivity index (χ0n) is 10.4. The van der Waals surface area contributed by atoms with Gasteiger partial charge in [0.25, 0.3) is 0 Å². The van der Waals surface area contributed by atoms with E-state index in [4.69, 9.17) is 16.3 Å². The number of aryl methyl sites for hydroxylation is 1. The van der Waals surface area contributed by atoms with Crippen LogP contribution in [-0.4, -0.2) is 34.4 Å². The van der Waals surface area contributed by atoms with Crippen molar-refractivity contribution in [2.24, 2.45) is 0 Å². The van der Waals surface area contributed by atoms with Crippen molar-refractivity contribution >= 4 is 28.1 Å². The predicted octanol–water partition coefficient (Wildman–Crippen LogP) is 2.55. The quantitative estimate of drug-likeness (QED) is 0.871. The molecule has 2 aromatic heterocycles. The fraction of sp³-hybridized carbons (Fsp3) is 0.417. The third-order valence-electron chi connectivity index (χ3n) is 2.96. The van der Waals surface area contributed by atoms with Crippen LogP contribution < -0.4 is 9.64 Å². The first-order chi connectivity index (χ1) is 9.22. The molecular formula is C12H13ClN4OS. The van der Waals surface area contributed by atoms with Gasteiger partial charge >= 0.3 is 0 Å². The van der Waals surface area contributed by atoms with Gasteiger partial charge in [-0.1, -0.05) is 22.9 Å². The number of aromatic nitrogens is 3. The van der Waals surface area contributed by atoms with Gasteiger partial charge in [0.15, 0.2) is 0 Å². The monoisotopic (exact) mass is 296 g/mol. The molecule has 1 aliphatic rings. The van der Waals surface area contributed by atoms with E-state index in [0.29, 0.717) is 10.8 Å². The molecule has 0 radical (unpaired) electrons. The van der Waals surface area contributed by atoms with Gasteiger partial charge in [-0.2, -0.15) is 0 Å². The molecule has 0 aliphatic carbocycles. The van der Waals surface area contributed by atoms with Crippen LogP contribution in [0, 0.1) is 6.92 Å². The van der Waals surface area contributed by atoms with Crippen LogP contribution in [0.1, 0.15) is 11.4 Å². The summed E-state index contributed by atoms with van der Waals surface area (Å²) < 4.78 is 5.91. The SMILES string of the molecule is Cc1nnc(N2CCC(Oc3ccncc3Cl)C2)s1. The lowest BCUT2D eigenvalue weighted by Gasteiger charge is -2.16. The van der Waals surface area contributed by atoms with Crippen molar-refractivity contribution in [2.75, 3.05) is 18.0 Å². The summed E-state index contributed by atoms with van der Waals surface area (Å²) in [5, 5.41) is 10.7. The van der Waals surface area contributed by atoms with Crippen molar-refractivity contribution in [2.45, 2.75) is 19.4 Å². The summed E-state index contributed by atoms with van der Waals surface area (Å²) in [5.41, 5.74) is 0. The number of hydrogen-bond acceptors (Lipinski definition) is 6. The molecule has 3 rings (SSSR count). The number of pyridine rings is 1. The minimum atomic E-state index is 0.129. The van der Waals surface area contributed by atoms with Crippen LogP contribution >= 0.6 is 22.9 Å². The molecule has 5 nitrogen and oxygen atoms in total. The predicted molar refractivity (Wildman–Crippen MR) is 75.1 cm³/mol. The number of anilines is 1. The largest absolute Gasteiger partial charge is 0.487 e. The van der Waals surface area contributed by atoms with Gasteiger partial charge in [0, 0.05) is 31.4 Å². The smallest absolute Gasteiger partial charge is 0.208 e. The maximum atomic E-state index is 6.04. The molecule has 7 heteroatoms. The van der Waals surface area contributed by atoms with Crippen LogP contribution in [0.25, 0.3) is 0 Å². The highest BCUT2D eigenvalue weighted by Gasteiger charge is 2.26. The van der Waals surface area contributed by atoms with E-state index in [1.165, 1.54) is 0 Å². The number of nitrogens with zero attached hydrogens (tertiary/aromatic N) is 4. The average Bonchev–Trinajstić information content (AvgIpc) is 3.01. The van der Waals surface area contributed by atoms with Crippen LogP contribution in [0.15, 0.2) is 18.5 Å². The lowest BCUT2D eigenvalue weighted by atomic mass is 10.3. The molecule has 1 atom stereocenters. The van der Waals surface area contributed by atoms with E-state index in [-0.39, 0.29) is 6.10 Å². The van der Waals surface area contributed by atoms with E-state index in [2.05, 4.69) is 20.1 Å². The maximum absolute atomic E-state index is 6.04. The standard InChI is InChI=1S/C12H13ClN4OS/c1-8-15-16-12(19-8)17-5-3-9(7-17)18-11-2-4-14-6-10(11)13/h2,4,6,9H,3,5,7H2,1H3. The van der Waals surface area contributed by atoms with Crippen LogP contribution in [0.4, 0.5) is 5.13 Å². The molecular weight excluding hydrogens is 284 g/mol. The number of ether oxygens (including phenoxy) is 1. The fourth-order valence-corrected chi connectivity index (χ4v) is 2.94. The third kappa shape index (κ3) is 2.79. The molecule has 1 fully saturated rings. The second kappa shape index (κ2) is 5.30. The van der Waals surface area contributed by atoms with Crippen LogP contribution in [0.2, 0.25) is 5.02 Å². The Kier molecular flexibility index (Phi) is 3.52. The lowest BCUT2D eigenvalue weighted by molar-refractivity contribution is 0.225. The summed E-state index contributed by atoms with van der Waals surface area (Å²) in [6.07, 6.45) is 4.36. The highest BCUT2D eigenvalue weighted by Crippen LogP contribution is 2.28. The Morgan fingerprint density at radius 2 is 2.37 bits per heavy atom. The first-order valence-corrected chi connectivity index (χ1v) is 7.23. The maximum Gasteiger partial charge on any atom is 0.208 e. The van der Waals surface area contributed by atoms with Crippen molar-refractivity contribution in [1.29, 1.82) is 0 Å². The van der Waals surface area contributed by atoms with Gasteiger partial charge in [-0.15, -0.1) is 10.2 Å². The third-order valence-corrected chi connectivity index (χ3v) is 4.14. The molecule has 0 N–H and O–H groups in total. The van der Waals surface area contributed by atoms with Gasteiger partial charge < -0.3 is 9.64 Å². The normalized spacial score (nSPS) is 18.8. The first-order valence-electron chi connectivity index (χ1n) is 6.03. The molecule has 1 unspecified atom stereocenters. The van der Waals surface area contributed by atoms with Crippen LogP contribution in [0.5, 0.6) is 5.75 Å². The Balaban J connectivity index is 1.65. The van der Waals surface area contributed by atoms with Crippen LogP contribution in [-0.2, 0) is 0 Å². The lowest BCUT2D eigenvalue weighted by Crippen LogP contribution is -2.24. The van der Waals surface area contributed by atoms with Crippen molar-refractivity contribution in [3.8, 4) is 5.75 Å². The number of rotatable bonds is 3. The Labute approximate surface area is 120 Å². The molecule has 1 saturated heterocycles. The summed E-state index contributed by atoms with van der Waals surface area (Å²) in [6.45, 7) is 3.71. The molecule has 0 amide bonds.